The van der Waals surface area contributed by atoms with Crippen LogP contribution in [0.2, 0.25) is 0 Å². The van der Waals surface area contributed by atoms with Crippen LogP contribution in [-0.2, 0) is 0 Å². The van der Waals surface area contributed by atoms with Crippen LogP contribution in [-0.4, -0.2) is 4.57 Å². The quantitative estimate of drug-likeness (QED) is 0.159. The first kappa shape index (κ1) is 33.4. The number of hydrogen-bond donors (Lipinski definition) is 0. The first-order valence-electron chi connectivity index (χ1n) is 19.4. The molecular weight excluding hydrogens is 677 g/mol. The van der Waals surface area contributed by atoms with Gasteiger partial charge in [0.2, 0.25) is 0 Å². The Balaban J connectivity index is 1.13. The van der Waals surface area contributed by atoms with Crippen molar-refractivity contribution in [1.29, 1.82) is 0 Å². The molecule has 0 amide bonds. The molecule has 0 spiro atoms. The predicted octanol–water partition coefficient (Wildman–Crippen LogP) is 15.0. The van der Waals surface area contributed by atoms with Crippen molar-refractivity contribution in [1.82, 2.24) is 4.57 Å². The van der Waals surface area contributed by atoms with Gasteiger partial charge >= 0.3 is 0 Å². The number of anilines is 3. The molecule has 0 bridgehead atoms. The van der Waals surface area contributed by atoms with Gasteiger partial charge in [-0.05, 0) is 136 Å². The molecule has 0 atom stereocenters. The van der Waals surface area contributed by atoms with Crippen molar-refractivity contribution in [2.75, 3.05) is 4.90 Å². The molecule has 0 unspecified atom stereocenters. The third-order valence-corrected chi connectivity index (χ3v) is 11.3. The van der Waals surface area contributed by atoms with E-state index in [0.29, 0.717) is 0 Å². The second-order valence-corrected chi connectivity index (χ2v) is 14.6. The van der Waals surface area contributed by atoms with E-state index in [4.69, 9.17) is 0 Å². The van der Waals surface area contributed by atoms with Crippen LogP contribution in [0.25, 0.3) is 71.6 Å². The van der Waals surface area contributed by atoms with Gasteiger partial charge in [-0.3, -0.25) is 0 Å². The monoisotopic (exact) mass is 716 g/mol. The van der Waals surface area contributed by atoms with Crippen LogP contribution in [0.15, 0.2) is 206 Å². The van der Waals surface area contributed by atoms with Gasteiger partial charge in [0.05, 0.1) is 11.0 Å². The number of rotatable bonds is 7. The highest BCUT2D eigenvalue weighted by Gasteiger charge is 2.19. The highest BCUT2D eigenvalue weighted by molar-refractivity contribution is 6.11. The largest absolute Gasteiger partial charge is 0.310 e. The Labute approximate surface area is 328 Å². The molecule has 0 aliphatic rings. The third-order valence-electron chi connectivity index (χ3n) is 11.3. The fourth-order valence-corrected chi connectivity index (χ4v) is 8.54. The van der Waals surface area contributed by atoms with Gasteiger partial charge in [-0.25, -0.2) is 0 Å². The number of hydrogen-bond acceptors (Lipinski definition) is 1. The SMILES string of the molecule is Cc1ccccc1-c1cc(-c2ccc(N(c3ccc(-c4ccccc4)cc3)c3ccc4c(c3)c3ccccc3n4-c3ccccc3)cc2)c2ccccc2c1C. The zero-order valence-corrected chi connectivity index (χ0v) is 31.5. The van der Waals surface area contributed by atoms with Crippen LogP contribution in [0.4, 0.5) is 17.1 Å². The molecule has 9 aromatic carbocycles. The first-order valence-corrected chi connectivity index (χ1v) is 19.4. The second-order valence-electron chi connectivity index (χ2n) is 14.6. The number of aryl methyl sites for hydroxylation is 2. The first-order chi connectivity index (χ1) is 27.6. The summed E-state index contributed by atoms with van der Waals surface area (Å²) < 4.78 is 2.37. The fraction of sp³-hybridized carbons (Fsp3) is 0.0370. The topological polar surface area (TPSA) is 8.17 Å². The third kappa shape index (κ3) is 5.75. The Morgan fingerprint density at radius 1 is 0.339 bits per heavy atom. The van der Waals surface area contributed by atoms with E-state index in [-0.39, 0.29) is 0 Å². The molecule has 10 rings (SSSR count). The number of nitrogens with zero attached hydrogens (tertiary/aromatic N) is 2. The van der Waals surface area contributed by atoms with Gasteiger partial charge in [-0.15, -0.1) is 0 Å². The smallest absolute Gasteiger partial charge is 0.0542 e. The average Bonchev–Trinajstić information content (AvgIpc) is 3.59. The standard InChI is InChI=1S/C54H40N2/c1-37-15-9-10-20-46(37)50-36-51(48-22-12-11-21-47(48)38(50)2)41-27-31-44(32-28-41)55(43-29-25-40(26-30-43)39-16-5-3-6-17-39)45-33-34-54-52(35-45)49-23-13-14-24-53(49)56(54)42-18-7-4-8-19-42/h3-36H,1-2H3. The average molecular weight is 717 g/mol. The summed E-state index contributed by atoms with van der Waals surface area (Å²) in [4.78, 5) is 2.39. The Bertz CT molecular complexity index is 3010. The molecule has 0 aliphatic carbocycles. The zero-order chi connectivity index (χ0) is 37.6. The fourth-order valence-electron chi connectivity index (χ4n) is 8.54. The summed E-state index contributed by atoms with van der Waals surface area (Å²) in [6.07, 6.45) is 0. The van der Waals surface area contributed by atoms with Gasteiger partial charge in [0.25, 0.3) is 0 Å². The molecule has 266 valence electrons. The van der Waals surface area contributed by atoms with Gasteiger partial charge in [0.1, 0.15) is 0 Å². The Hall–Kier alpha value is -7.16. The maximum atomic E-state index is 2.39. The normalized spacial score (nSPS) is 11.4. The molecule has 0 N–H and O–H groups in total. The van der Waals surface area contributed by atoms with Crippen molar-refractivity contribution < 1.29 is 0 Å². The molecular formula is C54H40N2. The lowest BCUT2D eigenvalue weighted by Gasteiger charge is -2.26. The highest BCUT2D eigenvalue weighted by Crippen LogP contribution is 2.43. The minimum atomic E-state index is 1.10. The van der Waals surface area contributed by atoms with Crippen molar-refractivity contribution in [3.8, 4) is 39.1 Å². The number of benzene rings is 9. The lowest BCUT2D eigenvalue weighted by molar-refractivity contribution is 1.18. The van der Waals surface area contributed by atoms with Crippen molar-refractivity contribution >= 4 is 49.6 Å². The van der Waals surface area contributed by atoms with E-state index in [1.54, 1.807) is 0 Å². The van der Waals surface area contributed by atoms with Crippen molar-refractivity contribution in [2.24, 2.45) is 0 Å². The molecule has 2 nitrogen and oxygen atoms in total. The summed E-state index contributed by atoms with van der Waals surface area (Å²) in [5, 5.41) is 5.01. The number of para-hydroxylation sites is 2. The Morgan fingerprint density at radius 3 is 1.59 bits per heavy atom. The zero-order valence-electron chi connectivity index (χ0n) is 31.5. The van der Waals surface area contributed by atoms with Crippen molar-refractivity contribution in [3.63, 3.8) is 0 Å². The molecule has 1 aromatic heterocycles. The van der Waals surface area contributed by atoms with E-state index < -0.39 is 0 Å². The van der Waals surface area contributed by atoms with Crippen LogP contribution in [0.5, 0.6) is 0 Å². The molecule has 0 saturated carbocycles. The van der Waals surface area contributed by atoms with E-state index in [1.807, 2.05) is 0 Å². The molecule has 10 aromatic rings. The van der Waals surface area contributed by atoms with Gasteiger partial charge < -0.3 is 9.47 Å². The Kier molecular flexibility index (Phi) is 8.30. The minimum Gasteiger partial charge on any atom is -0.310 e. The van der Waals surface area contributed by atoms with Gasteiger partial charge in [0, 0.05) is 33.5 Å². The Morgan fingerprint density at radius 2 is 0.875 bits per heavy atom. The molecule has 1 heterocycles. The van der Waals surface area contributed by atoms with E-state index in [9.17, 15) is 0 Å². The van der Waals surface area contributed by atoms with Crippen LogP contribution in [0.3, 0.4) is 0 Å². The van der Waals surface area contributed by atoms with E-state index in [0.717, 1.165) is 22.7 Å². The summed E-state index contributed by atoms with van der Waals surface area (Å²) in [6, 6.07) is 74.9. The molecule has 0 saturated heterocycles. The van der Waals surface area contributed by atoms with E-state index in [1.165, 1.54) is 77.1 Å². The number of fused-ring (bicyclic) bond motifs is 4. The lowest BCUT2D eigenvalue weighted by Crippen LogP contribution is -2.10. The predicted molar refractivity (Wildman–Crippen MR) is 239 cm³/mol. The van der Waals surface area contributed by atoms with Crippen LogP contribution < -0.4 is 4.90 Å². The summed E-state index contributed by atoms with van der Waals surface area (Å²) in [5.41, 5.74) is 16.8. The molecule has 56 heavy (non-hydrogen) atoms. The van der Waals surface area contributed by atoms with Crippen molar-refractivity contribution in [2.45, 2.75) is 13.8 Å². The minimum absolute atomic E-state index is 1.10. The lowest BCUT2D eigenvalue weighted by atomic mass is 9.88. The molecule has 0 fully saturated rings. The molecule has 0 aliphatic heterocycles. The summed E-state index contributed by atoms with van der Waals surface area (Å²) in [7, 11) is 0. The highest BCUT2D eigenvalue weighted by atomic mass is 15.1. The number of aromatic nitrogens is 1. The van der Waals surface area contributed by atoms with Crippen molar-refractivity contribution in [3.05, 3.63) is 217 Å². The second kappa shape index (κ2) is 13.9. The maximum Gasteiger partial charge on any atom is 0.0542 e. The van der Waals surface area contributed by atoms with Gasteiger partial charge in [-0.2, -0.15) is 0 Å². The van der Waals surface area contributed by atoms with E-state index >= 15 is 0 Å². The van der Waals surface area contributed by atoms with Crippen LogP contribution in [0, 0.1) is 13.8 Å². The van der Waals surface area contributed by atoms with E-state index in [2.05, 4.69) is 230 Å². The van der Waals surface area contributed by atoms with Gasteiger partial charge in [-0.1, -0.05) is 140 Å². The maximum absolute atomic E-state index is 2.39. The molecule has 2 heteroatoms. The molecule has 0 radical (unpaired) electrons. The van der Waals surface area contributed by atoms with Crippen LogP contribution in [0.1, 0.15) is 11.1 Å². The summed E-state index contributed by atoms with van der Waals surface area (Å²) in [5.74, 6) is 0. The van der Waals surface area contributed by atoms with Gasteiger partial charge in [0.15, 0.2) is 0 Å². The summed E-state index contributed by atoms with van der Waals surface area (Å²) >= 11 is 0. The summed E-state index contributed by atoms with van der Waals surface area (Å²) in [6.45, 7) is 4.46. The van der Waals surface area contributed by atoms with Crippen LogP contribution >= 0.6 is 0 Å².